The smallest absolute Gasteiger partial charge is 0.451 e. The Morgan fingerprint density at radius 1 is 0.771 bits per heavy atom. The number of hydrogen-bond acceptors (Lipinski definition) is 5. The molecule has 0 atom stereocenters. The Hall–Kier alpha value is -4.73. The lowest BCUT2D eigenvalue weighted by molar-refractivity contribution is -0.274. The van der Waals surface area contributed by atoms with E-state index in [1.807, 2.05) is 6.07 Å². The van der Waals surface area contributed by atoms with E-state index in [4.69, 9.17) is 8.83 Å². The molecule has 2 aromatic heterocycles. The number of ether oxygens (including phenoxy) is 1. The fourth-order valence-corrected chi connectivity index (χ4v) is 3.53. The molecule has 0 saturated heterocycles. The van der Waals surface area contributed by atoms with Crippen molar-refractivity contribution in [2.24, 2.45) is 0 Å². The number of alkyl halides is 3. The number of hydrogen-bond donors (Lipinski definition) is 2. The van der Waals surface area contributed by atoms with Crippen LogP contribution in [0.15, 0.2) is 87.7 Å². The summed E-state index contributed by atoms with van der Waals surface area (Å²) in [7, 11) is 0. The van der Waals surface area contributed by atoms with Crippen LogP contribution in [0.5, 0.6) is 5.75 Å². The average molecular weight is 480 g/mol. The Bertz CT molecular complexity index is 1520. The van der Waals surface area contributed by atoms with Gasteiger partial charge in [-0.25, -0.2) is 0 Å². The summed E-state index contributed by atoms with van der Waals surface area (Å²) in [5.74, 6) is -1.88. The second kappa shape index (κ2) is 8.56. The first-order chi connectivity index (χ1) is 16.8. The number of carbonyl (C=O) groups excluding carboxylic acids is 2. The van der Waals surface area contributed by atoms with Crippen LogP contribution < -0.4 is 15.4 Å². The van der Waals surface area contributed by atoms with E-state index in [2.05, 4.69) is 15.4 Å². The summed E-state index contributed by atoms with van der Waals surface area (Å²) >= 11 is 0. The van der Waals surface area contributed by atoms with Gasteiger partial charge in [0.05, 0.1) is 0 Å². The fraction of sp³-hybridized carbons (Fsp3) is 0.0400. The van der Waals surface area contributed by atoms with E-state index in [1.54, 1.807) is 48.5 Å². The first-order valence-corrected chi connectivity index (χ1v) is 10.3. The molecular formula is C25H15F3N2O5. The Kier molecular flexibility index (Phi) is 5.40. The van der Waals surface area contributed by atoms with Crippen molar-refractivity contribution in [2.45, 2.75) is 6.36 Å². The number of anilines is 2. The van der Waals surface area contributed by atoms with Gasteiger partial charge in [-0.2, -0.15) is 0 Å². The van der Waals surface area contributed by atoms with Crippen molar-refractivity contribution in [1.29, 1.82) is 0 Å². The minimum Gasteiger partial charge on any atom is -0.451 e. The van der Waals surface area contributed by atoms with Gasteiger partial charge < -0.3 is 24.2 Å². The van der Waals surface area contributed by atoms with Crippen LogP contribution in [0.2, 0.25) is 0 Å². The molecule has 0 spiro atoms. The van der Waals surface area contributed by atoms with Gasteiger partial charge >= 0.3 is 6.36 Å². The van der Waals surface area contributed by atoms with Gasteiger partial charge in [0.25, 0.3) is 11.8 Å². The summed E-state index contributed by atoms with van der Waals surface area (Å²) in [6.07, 6.45) is -4.83. The Morgan fingerprint density at radius 3 is 2.17 bits per heavy atom. The van der Waals surface area contributed by atoms with Gasteiger partial charge in [0.1, 0.15) is 22.6 Å². The number of nitrogens with one attached hydrogen (secondary N) is 2. The van der Waals surface area contributed by atoms with Gasteiger partial charge in [-0.15, -0.1) is 13.2 Å². The number of halogens is 3. The predicted octanol–water partition coefficient (Wildman–Crippen LogP) is 6.58. The minimum atomic E-state index is -4.83. The highest BCUT2D eigenvalue weighted by Gasteiger charge is 2.31. The molecule has 176 valence electrons. The van der Waals surface area contributed by atoms with Crippen LogP contribution in [0.4, 0.5) is 24.5 Å². The van der Waals surface area contributed by atoms with E-state index < -0.39 is 23.9 Å². The van der Waals surface area contributed by atoms with Gasteiger partial charge in [-0.05, 0) is 48.5 Å². The zero-order valence-corrected chi connectivity index (χ0v) is 17.7. The highest BCUT2D eigenvalue weighted by molar-refractivity contribution is 6.16. The summed E-state index contributed by atoms with van der Waals surface area (Å²) in [4.78, 5) is 25.9. The third kappa shape index (κ3) is 4.67. The van der Waals surface area contributed by atoms with Crippen molar-refractivity contribution in [3.05, 3.63) is 90.4 Å². The molecule has 0 unspecified atom stereocenters. The molecule has 2 amide bonds. The van der Waals surface area contributed by atoms with Gasteiger partial charge in [0.15, 0.2) is 5.76 Å². The van der Waals surface area contributed by atoms with E-state index in [0.717, 1.165) is 17.5 Å². The number of amides is 2. The quantitative estimate of drug-likeness (QED) is 0.296. The summed E-state index contributed by atoms with van der Waals surface area (Å²) in [5, 5.41) is 6.44. The highest BCUT2D eigenvalue weighted by atomic mass is 19.4. The molecule has 10 heteroatoms. The molecule has 0 aliphatic rings. The second-order valence-corrected chi connectivity index (χ2v) is 7.43. The average Bonchev–Trinajstić information content (AvgIpc) is 3.41. The maximum absolute atomic E-state index is 13.0. The normalized spacial score (nSPS) is 11.5. The molecule has 5 aromatic rings. The minimum absolute atomic E-state index is 0.0445. The molecule has 0 fully saturated rings. The third-order valence-corrected chi connectivity index (χ3v) is 5.04. The molecule has 0 radical (unpaired) electrons. The van der Waals surface area contributed by atoms with Gasteiger partial charge in [-0.1, -0.05) is 30.3 Å². The van der Waals surface area contributed by atoms with E-state index in [-0.39, 0.29) is 22.9 Å². The second-order valence-electron chi connectivity index (χ2n) is 7.43. The van der Waals surface area contributed by atoms with Crippen molar-refractivity contribution in [1.82, 2.24) is 0 Å². The van der Waals surface area contributed by atoms with Gasteiger partial charge in [0.2, 0.25) is 5.76 Å². The van der Waals surface area contributed by atoms with Gasteiger partial charge in [0, 0.05) is 16.5 Å². The first-order valence-electron chi connectivity index (χ1n) is 10.3. The lowest BCUT2D eigenvalue weighted by Gasteiger charge is -2.10. The van der Waals surface area contributed by atoms with E-state index in [1.165, 1.54) is 12.1 Å². The van der Waals surface area contributed by atoms with Crippen LogP contribution in [-0.4, -0.2) is 18.2 Å². The molecule has 0 bridgehead atoms. The largest absolute Gasteiger partial charge is 0.573 e. The lowest BCUT2D eigenvalue weighted by atomic mass is 10.2. The van der Waals surface area contributed by atoms with Crippen molar-refractivity contribution in [2.75, 3.05) is 10.6 Å². The third-order valence-electron chi connectivity index (χ3n) is 5.04. The Labute approximate surface area is 195 Å². The molecule has 3 aromatic carbocycles. The maximum Gasteiger partial charge on any atom is 0.573 e. The number of furan rings is 2. The zero-order valence-electron chi connectivity index (χ0n) is 17.7. The number of carbonyl (C=O) groups is 2. The predicted molar refractivity (Wildman–Crippen MR) is 121 cm³/mol. The van der Waals surface area contributed by atoms with Crippen molar-refractivity contribution >= 4 is 45.1 Å². The van der Waals surface area contributed by atoms with Crippen LogP contribution >= 0.6 is 0 Å². The maximum atomic E-state index is 13.0. The summed E-state index contributed by atoms with van der Waals surface area (Å²) < 4.78 is 52.2. The number of benzene rings is 3. The SMILES string of the molecule is O=C(Nc1c(C(=O)Nc2ccc(OC(F)(F)F)cc2)oc2ccccc12)c1cc2ccccc2o1. The number of rotatable bonds is 5. The van der Waals surface area contributed by atoms with E-state index in [0.29, 0.717) is 16.6 Å². The molecule has 5 rings (SSSR count). The Balaban J connectivity index is 1.42. The lowest BCUT2D eigenvalue weighted by Crippen LogP contribution is -2.18. The topological polar surface area (TPSA) is 93.7 Å². The fourth-order valence-electron chi connectivity index (χ4n) is 3.53. The van der Waals surface area contributed by atoms with E-state index in [9.17, 15) is 22.8 Å². The zero-order chi connectivity index (χ0) is 24.6. The van der Waals surface area contributed by atoms with Gasteiger partial charge in [-0.3, -0.25) is 9.59 Å². The van der Waals surface area contributed by atoms with Crippen LogP contribution in [0.25, 0.3) is 21.9 Å². The number of para-hydroxylation sites is 2. The highest BCUT2D eigenvalue weighted by Crippen LogP contribution is 2.33. The number of fused-ring (bicyclic) bond motifs is 2. The summed E-state index contributed by atoms with van der Waals surface area (Å²) in [6.45, 7) is 0. The van der Waals surface area contributed by atoms with Crippen molar-refractivity contribution in [3.63, 3.8) is 0 Å². The molecule has 0 aliphatic heterocycles. The molecular weight excluding hydrogens is 465 g/mol. The standard InChI is InChI=1S/C25H15F3N2O5/c26-25(27,28)35-16-11-9-15(10-12-16)29-24(32)22-21(17-6-2-4-8-19(17)34-22)30-23(31)20-13-14-5-1-3-7-18(14)33-20/h1-13H,(H,29,32)(H,30,31). The molecule has 2 N–H and O–H groups in total. The molecule has 7 nitrogen and oxygen atoms in total. The van der Waals surface area contributed by atoms with Crippen LogP contribution in [0, 0.1) is 0 Å². The summed E-state index contributed by atoms with van der Waals surface area (Å²) in [6, 6.07) is 20.0. The van der Waals surface area contributed by atoms with Crippen LogP contribution in [0.3, 0.4) is 0 Å². The van der Waals surface area contributed by atoms with Crippen LogP contribution in [-0.2, 0) is 0 Å². The van der Waals surface area contributed by atoms with Crippen molar-refractivity contribution in [3.8, 4) is 5.75 Å². The first kappa shape index (κ1) is 22.1. The molecule has 0 aliphatic carbocycles. The summed E-state index contributed by atoms with van der Waals surface area (Å²) in [5.41, 5.74) is 1.21. The molecule has 0 saturated carbocycles. The monoisotopic (exact) mass is 480 g/mol. The van der Waals surface area contributed by atoms with Crippen LogP contribution in [0.1, 0.15) is 21.1 Å². The molecule has 2 heterocycles. The molecule has 35 heavy (non-hydrogen) atoms. The Morgan fingerprint density at radius 2 is 1.46 bits per heavy atom. The van der Waals surface area contributed by atoms with E-state index >= 15 is 0 Å². The van der Waals surface area contributed by atoms with Crippen molar-refractivity contribution < 1.29 is 36.3 Å².